The van der Waals surface area contributed by atoms with Gasteiger partial charge < -0.3 is 10.2 Å². The monoisotopic (exact) mass is 384 g/mol. The molecule has 1 unspecified atom stereocenters. The van der Waals surface area contributed by atoms with Crippen LogP contribution in [0.4, 0.5) is 11.5 Å². The van der Waals surface area contributed by atoms with Crippen LogP contribution in [-0.2, 0) is 11.2 Å². The van der Waals surface area contributed by atoms with E-state index in [1.54, 1.807) is 4.52 Å². The number of rotatable bonds is 4. The molecule has 0 spiro atoms. The molecule has 29 heavy (non-hydrogen) atoms. The highest BCUT2D eigenvalue weighted by molar-refractivity contribution is 6.00. The van der Waals surface area contributed by atoms with E-state index < -0.39 is 6.04 Å². The Hall–Kier alpha value is -3.74. The summed E-state index contributed by atoms with van der Waals surface area (Å²) in [7, 11) is 0. The van der Waals surface area contributed by atoms with Crippen molar-refractivity contribution < 1.29 is 4.79 Å². The number of nitrogens with zero attached hydrogens (tertiary/aromatic N) is 5. The highest BCUT2D eigenvalue weighted by Gasteiger charge is 2.28. The Balaban J connectivity index is 1.45. The van der Waals surface area contributed by atoms with Gasteiger partial charge in [-0.25, -0.2) is 4.98 Å². The summed E-state index contributed by atoms with van der Waals surface area (Å²) in [4.78, 5) is 23.8. The van der Waals surface area contributed by atoms with Crippen molar-refractivity contribution in [3.8, 4) is 11.3 Å². The van der Waals surface area contributed by atoms with Crippen LogP contribution in [0, 0.1) is 0 Å². The first-order valence-electron chi connectivity index (χ1n) is 9.63. The van der Waals surface area contributed by atoms with Crippen LogP contribution in [0.3, 0.4) is 0 Å². The fraction of sp³-hybridized carbons (Fsp3) is 0.182. The second-order valence-electron chi connectivity index (χ2n) is 7.10. The van der Waals surface area contributed by atoms with Crippen molar-refractivity contribution in [2.45, 2.75) is 19.4 Å². The molecule has 0 saturated heterocycles. The molecule has 0 fully saturated rings. The third kappa shape index (κ3) is 3.10. The van der Waals surface area contributed by atoms with Crippen molar-refractivity contribution in [3.63, 3.8) is 0 Å². The van der Waals surface area contributed by atoms with Gasteiger partial charge in [0, 0.05) is 23.9 Å². The van der Waals surface area contributed by atoms with Crippen LogP contribution in [0.15, 0.2) is 67.0 Å². The van der Waals surface area contributed by atoms with Crippen molar-refractivity contribution in [1.29, 1.82) is 0 Å². The van der Waals surface area contributed by atoms with E-state index in [1.165, 1.54) is 11.9 Å². The third-order valence-corrected chi connectivity index (χ3v) is 5.21. The van der Waals surface area contributed by atoms with Crippen LogP contribution in [-0.4, -0.2) is 38.1 Å². The Kier molecular flexibility index (Phi) is 4.20. The number of hydrogen-bond acceptors (Lipinski definition) is 5. The molecule has 144 valence electrons. The summed E-state index contributed by atoms with van der Waals surface area (Å²) in [6.07, 6.45) is 2.35. The lowest BCUT2D eigenvalue weighted by Gasteiger charge is -2.23. The van der Waals surface area contributed by atoms with Crippen LogP contribution in [0.5, 0.6) is 0 Å². The van der Waals surface area contributed by atoms with Gasteiger partial charge in [-0.1, -0.05) is 48.5 Å². The van der Waals surface area contributed by atoms with Gasteiger partial charge in [-0.3, -0.25) is 4.79 Å². The number of aromatic nitrogens is 4. The smallest absolute Gasteiger partial charge is 0.254 e. The number of carbonyl (C=O) groups is 1. The topological polar surface area (TPSA) is 75.4 Å². The van der Waals surface area contributed by atoms with Crippen LogP contribution in [0.2, 0.25) is 0 Å². The van der Waals surface area contributed by atoms with E-state index in [0.717, 1.165) is 23.4 Å². The molecule has 4 aromatic rings. The summed E-state index contributed by atoms with van der Waals surface area (Å²) in [5.41, 5.74) is 3.96. The molecule has 7 heteroatoms. The standard InChI is InChI=1S/C22H20N6O/c1-15(21(29)27-12-11-17-9-5-6-10-19(17)27)25-20-13-18(16-7-3-2-4-8-16)26-22-23-14-24-28(20)22/h2-10,13-15,25H,11-12H2,1H3. The molecule has 2 aromatic heterocycles. The molecule has 2 aromatic carbocycles. The number of benzene rings is 2. The van der Waals surface area contributed by atoms with E-state index in [9.17, 15) is 4.79 Å². The van der Waals surface area contributed by atoms with Gasteiger partial charge in [-0.15, -0.1) is 0 Å². The molecular weight excluding hydrogens is 364 g/mol. The minimum Gasteiger partial charge on any atom is -0.358 e. The van der Waals surface area contributed by atoms with E-state index in [4.69, 9.17) is 0 Å². The summed E-state index contributed by atoms with van der Waals surface area (Å²) in [6, 6.07) is 19.4. The lowest BCUT2D eigenvalue weighted by Crippen LogP contribution is -2.41. The van der Waals surface area contributed by atoms with Gasteiger partial charge in [-0.05, 0) is 25.0 Å². The van der Waals surface area contributed by atoms with Gasteiger partial charge in [0.05, 0.1) is 5.69 Å². The van der Waals surface area contributed by atoms with Crippen LogP contribution in [0.25, 0.3) is 17.0 Å². The molecule has 7 nitrogen and oxygen atoms in total. The number of carbonyl (C=O) groups excluding carboxylic acids is 1. The van der Waals surface area contributed by atoms with Crippen molar-refractivity contribution in [3.05, 3.63) is 72.6 Å². The molecule has 3 heterocycles. The van der Waals surface area contributed by atoms with Crippen LogP contribution >= 0.6 is 0 Å². The summed E-state index contributed by atoms with van der Waals surface area (Å²) in [5.74, 6) is 1.20. The maximum Gasteiger partial charge on any atom is 0.254 e. The first-order valence-corrected chi connectivity index (χ1v) is 9.63. The highest BCUT2D eigenvalue weighted by atomic mass is 16.2. The lowest BCUT2D eigenvalue weighted by atomic mass is 10.1. The molecule has 1 N–H and O–H groups in total. The van der Waals surface area contributed by atoms with Crippen LogP contribution in [0.1, 0.15) is 12.5 Å². The number of hydrogen-bond donors (Lipinski definition) is 1. The molecule has 0 saturated carbocycles. The molecule has 5 rings (SSSR count). The van der Waals surface area contributed by atoms with E-state index in [2.05, 4.69) is 26.4 Å². The van der Waals surface area contributed by atoms with Crippen molar-refractivity contribution >= 4 is 23.2 Å². The molecule has 1 amide bonds. The molecular formula is C22H20N6O. The number of nitrogens with one attached hydrogen (secondary N) is 1. The van der Waals surface area contributed by atoms with Gasteiger partial charge in [0.25, 0.3) is 5.78 Å². The molecule has 0 aliphatic carbocycles. The quantitative estimate of drug-likeness (QED) is 0.585. The molecule has 1 atom stereocenters. The molecule has 1 aliphatic rings. The number of para-hydroxylation sites is 1. The summed E-state index contributed by atoms with van der Waals surface area (Å²) >= 11 is 0. The molecule has 1 aliphatic heterocycles. The Morgan fingerprint density at radius 2 is 1.90 bits per heavy atom. The van der Waals surface area contributed by atoms with Gasteiger partial charge in [0.2, 0.25) is 5.91 Å². The fourth-order valence-corrected chi connectivity index (χ4v) is 3.76. The zero-order valence-electron chi connectivity index (χ0n) is 16.0. The van der Waals surface area contributed by atoms with Crippen molar-refractivity contribution in [2.75, 3.05) is 16.8 Å². The summed E-state index contributed by atoms with van der Waals surface area (Å²) in [6.45, 7) is 2.57. The molecule has 0 radical (unpaired) electrons. The van der Waals surface area contributed by atoms with Gasteiger partial charge in [0.15, 0.2) is 0 Å². The van der Waals surface area contributed by atoms with Crippen molar-refractivity contribution in [2.24, 2.45) is 0 Å². The minimum atomic E-state index is -0.431. The average molecular weight is 384 g/mol. The Morgan fingerprint density at radius 3 is 2.76 bits per heavy atom. The Labute approximate surface area is 168 Å². The van der Waals surface area contributed by atoms with E-state index in [0.29, 0.717) is 18.1 Å². The van der Waals surface area contributed by atoms with E-state index >= 15 is 0 Å². The fourth-order valence-electron chi connectivity index (χ4n) is 3.76. The Morgan fingerprint density at radius 1 is 1.10 bits per heavy atom. The SMILES string of the molecule is CC(Nc1cc(-c2ccccc2)nc2ncnn12)C(=O)N1CCc2ccccc21. The lowest BCUT2D eigenvalue weighted by molar-refractivity contribution is -0.118. The number of amides is 1. The average Bonchev–Trinajstić information content (AvgIpc) is 3.41. The number of anilines is 2. The van der Waals surface area contributed by atoms with Crippen molar-refractivity contribution in [1.82, 2.24) is 19.6 Å². The zero-order valence-corrected chi connectivity index (χ0v) is 16.0. The third-order valence-electron chi connectivity index (χ3n) is 5.21. The van der Waals surface area contributed by atoms with Gasteiger partial charge in [0.1, 0.15) is 18.2 Å². The highest BCUT2D eigenvalue weighted by Crippen LogP contribution is 2.28. The normalized spacial score (nSPS) is 14.0. The Bertz CT molecular complexity index is 1190. The maximum atomic E-state index is 13.1. The van der Waals surface area contributed by atoms with Gasteiger partial charge >= 0.3 is 0 Å². The predicted octanol–water partition coefficient (Wildman–Crippen LogP) is 3.18. The maximum absolute atomic E-state index is 13.1. The summed E-state index contributed by atoms with van der Waals surface area (Å²) < 4.78 is 1.62. The number of fused-ring (bicyclic) bond motifs is 2. The second-order valence-corrected chi connectivity index (χ2v) is 7.10. The largest absolute Gasteiger partial charge is 0.358 e. The zero-order chi connectivity index (χ0) is 19.8. The minimum absolute atomic E-state index is 0.0290. The first kappa shape index (κ1) is 17.4. The summed E-state index contributed by atoms with van der Waals surface area (Å²) in [5, 5.41) is 7.57. The first-order chi connectivity index (χ1) is 14.2. The van der Waals surface area contributed by atoms with E-state index in [-0.39, 0.29) is 5.91 Å². The predicted molar refractivity (Wildman–Crippen MR) is 112 cm³/mol. The molecule has 0 bridgehead atoms. The second kappa shape index (κ2) is 7.01. The van der Waals surface area contributed by atoms with E-state index in [1.807, 2.05) is 66.4 Å². The van der Waals surface area contributed by atoms with Gasteiger partial charge in [-0.2, -0.15) is 14.6 Å². The van der Waals surface area contributed by atoms with Crippen LogP contribution < -0.4 is 10.2 Å².